The summed E-state index contributed by atoms with van der Waals surface area (Å²) in [5.41, 5.74) is 4.70. The first-order valence-electron chi connectivity index (χ1n) is 6.54. The lowest BCUT2D eigenvalue weighted by Crippen LogP contribution is -2.18. The van der Waals surface area contributed by atoms with Crippen molar-refractivity contribution < 1.29 is 0 Å². The van der Waals surface area contributed by atoms with Crippen LogP contribution >= 0.6 is 0 Å². The molecular formula is C16H17N3. The Hall–Kier alpha value is -2.26. The maximum Gasteiger partial charge on any atom is 0.130 e. The highest BCUT2D eigenvalue weighted by molar-refractivity contribution is 5.69. The number of hydrogen-bond donors (Lipinski definition) is 0. The zero-order valence-corrected chi connectivity index (χ0v) is 11.4. The van der Waals surface area contributed by atoms with E-state index in [4.69, 9.17) is 10.5 Å². The van der Waals surface area contributed by atoms with Crippen molar-refractivity contribution in [3.8, 4) is 12.1 Å². The minimum atomic E-state index is 0.149. The first-order valence-corrected chi connectivity index (χ1v) is 6.54. The standard InChI is InChI=1S/C16H17N3/c1-12-8-16(19-5-3-4-6-19)13(2)7-15(12)9-14(10-17)11-18/h7-9H,3-6H2,1-2H3. The fourth-order valence-electron chi connectivity index (χ4n) is 2.52. The largest absolute Gasteiger partial charge is 0.371 e. The van der Waals surface area contributed by atoms with Gasteiger partial charge in [-0.05, 0) is 61.6 Å². The molecule has 0 radical (unpaired) electrons. The number of aryl methyl sites for hydroxylation is 2. The lowest BCUT2D eigenvalue weighted by molar-refractivity contribution is 0.949. The smallest absolute Gasteiger partial charge is 0.130 e. The number of hydrogen-bond acceptors (Lipinski definition) is 3. The summed E-state index contributed by atoms with van der Waals surface area (Å²) < 4.78 is 0. The van der Waals surface area contributed by atoms with E-state index in [1.807, 2.05) is 19.1 Å². The van der Waals surface area contributed by atoms with Gasteiger partial charge < -0.3 is 4.90 Å². The predicted molar refractivity (Wildman–Crippen MR) is 76.6 cm³/mol. The Bertz CT molecular complexity index is 578. The van der Waals surface area contributed by atoms with Crippen LogP contribution in [-0.4, -0.2) is 13.1 Å². The van der Waals surface area contributed by atoms with Gasteiger partial charge in [0.1, 0.15) is 17.7 Å². The minimum absolute atomic E-state index is 0.149. The summed E-state index contributed by atoms with van der Waals surface area (Å²) in [5, 5.41) is 17.7. The molecule has 1 aliphatic rings. The first kappa shape index (κ1) is 13.2. The SMILES string of the molecule is Cc1cc(N2CCCC2)c(C)cc1C=C(C#N)C#N. The van der Waals surface area contributed by atoms with Crippen LogP contribution in [0.5, 0.6) is 0 Å². The average Bonchev–Trinajstić information content (AvgIpc) is 2.93. The third kappa shape index (κ3) is 2.77. The van der Waals surface area contributed by atoms with Crippen molar-refractivity contribution in [2.45, 2.75) is 26.7 Å². The molecule has 1 aromatic carbocycles. The Balaban J connectivity index is 2.40. The molecule has 0 saturated carbocycles. The normalized spacial score (nSPS) is 13.8. The van der Waals surface area contributed by atoms with E-state index in [0.717, 1.165) is 24.2 Å². The Labute approximate surface area is 114 Å². The van der Waals surface area contributed by atoms with Gasteiger partial charge in [-0.25, -0.2) is 0 Å². The Kier molecular flexibility index (Phi) is 3.88. The van der Waals surface area contributed by atoms with Gasteiger partial charge in [-0.3, -0.25) is 0 Å². The molecule has 0 unspecified atom stereocenters. The molecule has 1 fully saturated rings. The van der Waals surface area contributed by atoms with E-state index in [9.17, 15) is 0 Å². The van der Waals surface area contributed by atoms with E-state index in [1.165, 1.54) is 24.1 Å². The van der Waals surface area contributed by atoms with Crippen LogP contribution in [0.15, 0.2) is 17.7 Å². The zero-order valence-electron chi connectivity index (χ0n) is 11.4. The highest BCUT2D eigenvalue weighted by Crippen LogP contribution is 2.28. The third-order valence-electron chi connectivity index (χ3n) is 3.57. The van der Waals surface area contributed by atoms with Crippen molar-refractivity contribution in [1.82, 2.24) is 0 Å². The average molecular weight is 251 g/mol. The van der Waals surface area contributed by atoms with Crippen LogP contribution in [0.25, 0.3) is 6.08 Å². The minimum Gasteiger partial charge on any atom is -0.371 e. The molecular weight excluding hydrogens is 234 g/mol. The molecule has 1 aliphatic heterocycles. The molecule has 3 heteroatoms. The molecule has 0 amide bonds. The summed E-state index contributed by atoms with van der Waals surface area (Å²) in [6, 6.07) is 8.05. The van der Waals surface area contributed by atoms with Crippen LogP contribution in [0.1, 0.15) is 29.5 Å². The molecule has 19 heavy (non-hydrogen) atoms. The lowest BCUT2D eigenvalue weighted by atomic mass is 10.0. The number of rotatable bonds is 2. The lowest BCUT2D eigenvalue weighted by Gasteiger charge is -2.21. The van der Waals surface area contributed by atoms with E-state index in [2.05, 4.69) is 24.0 Å². The molecule has 0 atom stereocenters. The number of nitrogens with zero attached hydrogens (tertiary/aromatic N) is 3. The highest BCUT2D eigenvalue weighted by atomic mass is 15.1. The molecule has 2 rings (SSSR count). The van der Waals surface area contributed by atoms with E-state index in [1.54, 1.807) is 6.08 Å². The van der Waals surface area contributed by atoms with E-state index >= 15 is 0 Å². The topological polar surface area (TPSA) is 50.8 Å². The van der Waals surface area contributed by atoms with Crippen LogP contribution in [0.2, 0.25) is 0 Å². The van der Waals surface area contributed by atoms with Crippen molar-refractivity contribution in [2.24, 2.45) is 0 Å². The zero-order chi connectivity index (χ0) is 13.8. The number of benzene rings is 1. The second-order valence-electron chi connectivity index (χ2n) is 4.97. The first-order chi connectivity index (χ1) is 9.15. The highest BCUT2D eigenvalue weighted by Gasteiger charge is 2.15. The van der Waals surface area contributed by atoms with E-state index in [-0.39, 0.29) is 5.57 Å². The molecule has 0 aliphatic carbocycles. The van der Waals surface area contributed by atoms with Gasteiger partial charge in [-0.15, -0.1) is 0 Å². The summed E-state index contributed by atoms with van der Waals surface area (Å²) in [5.74, 6) is 0. The monoisotopic (exact) mass is 251 g/mol. The summed E-state index contributed by atoms with van der Waals surface area (Å²) in [4.78, 5) is 2.41. The summed E-state index contributed by atoms with van der Waals surface area (Å²) in [7, 11) is 0. The van der Waals surface area contributed by atoms with Crippen molar-refractivity contribution in [3.05, 3.63) is 34.4 Å². The fraction of sp³-hybridized carbons (Fsp3) is 0.375. The van der Waals surface area contributed by atoms with Gasteiger partial charge in [0.25, 0.3) is 0 Å². The van der Waals surface area contributed by atoms with Gasteiger partial charge in [0.15, 0.2) is 0 Å². The van der Waals surface area contributed by atoms with Gasteiger partial charge in [-0.2, -0.15) is 10.5 Å². The van der Waals surface area contributed by atoms with Crippen molar-refractivity contribution >= 4 is 11.8 Å². The molecule has 3 nitrogen and oxygen atoms in total. The van der Waals surface area contributed by atoms with Crippen LogP contribution < -0.4 is 4.90 Å². The second kappa shape index (κ2) is 5.59. The van der Waals surface area contributed by atoms with Crippen molar-refractivity contribution in [2.75, 3.05) is 18.0 Å². The second-order valence-corrected chi connectivity index (χ2v) is 4.97. The van der Waals surface area contributed by atoms with Crippen LogP contribution in [0.4, 0.5) is 5.69 Å². The van der Waals surface area contributed by atoms with Crippen LogP contribution in [0, 0.1) is 36.5 Å². The molecule has 96 valence electrons. The van der Waals surface area contributed by atoms with Gasteiger partial charge in [-0.1, -0.05) is 0 Å². The van der Waals surface area contributed by atoms with Crippen LogP contribution in [0.3, 0.4) is 0 Å². The van der Waals surface area contributed by atoms with Crippen LogP contribution in [-0.2, 0) is 0 Å². The van der Waals surface area contributed by atoms with Crippen molar-refractivity contribution in [3.63, 3.8) is 0 Å². The Morgan fingerprint density at radius 2 is 1.74 bits per heavy atom. The van der Waals surface area contributed by atoms with E-state index < -0.39 is 0 Å². The fourth-order valence-corrected chi connectivity index (χ4v) is 2.52. The number of allylic oxidation sites excluding steroid dienone is 1. The van der Waals surface area contributed by atoms with Gasteiger partial charge in [0.2, 0.25) is 0 Å². The predicted octanol–water partition coefficient (Wildman–Crippen LogP) is 3.33. The summed E-state index contributed by atoms with van der Waals surface area (Å²) in [6.45, 7) is 6.36. The Morgan fingerprint density at radius 3 is 2.32 bits per heavy atom. The third-order valence-corrected chi connectivity index (χ3v) is 3.57. The molecule has 0 bridgehead atoms. The molecule has 0 spiro atoms. The van der Waals surface area contributed by atoms with Gasteiger partial charge in [0, 0.05) is 18.8 Å². The summed E-state index contributed by atoms with van der Waals surface area (Å²) >= 11 is 0. The number of nitriles is 2. The molecule has 0 N–H and O–H groups in total. The molecule has 1 aromatic rings. The van der Waals surface area contributed by atoms with Gasteiger partial charge >= 0.3 is 0 Å². The van der Waals surface area contributed by atoms with Crippen molar-refractivity contribution in [1.29, 1.82) is 10.5 Å². The van der Waals surface area contributed by atoms with E-state index in [0.29, 0.717) is 0 Å². The maximum absolute atomic E-state index is 8.83. The quantitative estimate of drug-likeness (QED) is 0.757. The molecule has 1 heterocycles. The Morgan fingerprint density at radius 1 is 1.11 bits per heavy atom. The maximum atomic E-state index is 8.83. The van der Waals surface area contributed by atoms with Gasteiger partial charge in [0.05, 0.1) is 0 Å². The molecule has 1 saturated heterocycles. The number of anilines is 1. The summed E-state index contributed by atoms with van der Waals surface area (Å²) in [6.07, 6.45) is 4.18. The molecule has 0 aromatic heterocycles.